The van der Waals surface area contributed by atoms with Crippen molar-refractivity contribution in [2.24, 2.45) is 11.3 Å². The quantitative estimate of drug-likeness (QED) is 0.207. The number of terminal acetylenes is 1. The molecule has 1 spiro atoms. The number of halogens is 1. The maximum atomic E-state index is 14.5. The smallest absolute Gasteiger partial charge is 0.289 e. The van der Waals surface area contributed by atoms with Crippen molar-refractivity contribution in [3.63, 3.8) is 0 Å². The van der Waals surface area contributed by atoms with Gasteiger partial charge in [-0.15, -0.1) is 12.3 Å². The van der Waals surface area contributed by atoms with Gasteiger partial charge in [0, 0.05) is 35.9 Å². The van der Waals surface area contributed by atoms with Crippen LogP contribution in [0.4, 0.5) is 0 Å². The Morgan fingerprint density at radius 2 is 1.83 bits per heavy atom. The third-order valence-corrected chi connectivity index (χ3v) is 9.79. The molecule has 2 aliphatic heterocycles. The number of Topliss-reactive ketones (excluding diaryl/α,β-unsaturated/α-hetero) is 1. The van der Waals surface area contributed by atoms with E-state index >= 15 is 0 Å². The fraction of sp³-hybridized carbons (Fsp3) is 0.583. The lowest BCUT2D eigenvalue weighted by atomic mass is 9.84. The number of hydrogen-bond acceptors (Lipinski definition) is 7. The molecule has 3 fully saturated rings. The highest BCUT2D eigenvalue weighted by Gasteiger charge is 2.54. The first-order valence-corrected chi connectivity index (χ1v) is 17.3. The normalized spacial score (nSPS) is 23.8. The molecule has 2 saturated carbocycles. The van der Waals surface area contributed by atoms with Crippen LogP contribution in [-0.2, 0) is 28.8 Å². The molecule has 4 amide bonds. The van der Waals surface area contributed by atoms with Gasteiger partial charge in [0.05, 0.1) is 12.2 Å². The number of ketones is 1. The Balaban J connectivity index is 1.41. The number of carbonyl (C=O) groups is 5. The highest BCUT2D eigenvalue weighted by Crippen LogP contribution is 2.39. The zero-order chi connectivity index (χ0) is 34.6. The van der Waals surface area contributed by atoms with Crippen LogP contribution in [0.25, 0.3) is 5.70 Å². The summed E-state index contributed by atoms with van der Waals surface area (Å²) in [6.45, 7) is 5.58. The van der Waals surface area contributed by atoms with Gasteiger partial charge in [-0.1, -0.05) is 63.8 Å². The summed E-state index contributed by atoms with van der Waals surface area (Å²) in [5, 5.41) is 8.84. The van der Waals surface area contributed by atoms with E-state index in [1.807, 2.05) is 32.9 Å². The van der Waals surface area contributed by atoms with Crippen LogP contribution >= 0.6 is 11.6 Å². The molecular formula is C36H46ClN5O6. The van der Waals surface area contributed by atoms with Crippen LogP contribution in [0.3, 0.4) is 0 Å². The Morgan fingerprint density at radius 1 is 1.10 bits per heavy atom. The number of carbonyl (C=O) groups excluding carboxylic acids is 5. The lowest BCUT2D eigenvalue weighted by Crippen LogP contribution is -2.59. The van der Waals surface area contributed by atoms with E-state index in [2.05, 4.69) is 27.4 Å². The molecule has 0 radical (unpaired) electrons. The molecule has 4 N–H and O–H groups in total. The summed E-state index contributed by atoms with van der Waals surface area (Å²) in [4.78, 5) is 75.0. The fourth-order valence-electron chi connectivity index (χ4n) is 6.75. The standard InChI is InChI=1S/C36H46ClN5O6/c1-5-10-26(30(44)33(46)38-25-15-16-25)39-32(45)28-20-36(19-27(41-48-36)23-13-9-14-24(37)18-23)21-42(28)34(47)31(35(2,3)4)40-29(43)17-22-11-7-6-8-12-22/h1,9,13-14,18-19,22,25-26,28,31,41H,6-8,10-12,15-17,20-21H2,2-4H3,(H,38,46)(H,39,45)(H,40,43)/t26?,28-,31+,36+/m0/s1. The van der Waals surface area contributed by atoms with Gasteiger partial charge in [0.15, 0.2) is 0 Å². The van der Waals surface area contributed by atoms with E-state index in [4.69, 9.17) is 22.9 Å². The van der Waals surface area contributed by atoms with Crippen molar-refractivity contribution in [3.8, 4) is 12.3 Å². The molecular weight excluding hydrogens is 634 g/mol. The number of nitrogens with one attached hydrogen (secondary N) is 4. The summed E-state index contributed by atoms with van der Waals surface area (Å²) in [7, 11) is 0. The molecule has 12 heteroatoms. The summed E-state index contributed by atoms with van der Waals surface area (Å²) < 4.78 is 0. The molecule has 1 aromatic rings. The number of nitrogens with zero attached hydrogens (tertiary/aromatic N) is 1. The molecule has 48 heavy (non-hydrogen) atoms. The van der Waals surface area contributed by atoms with Gasteiger partial charge >= 0.3 is 0 Å². The van der Waals surface area contributed by atoms with Crippen LogP contribution in [-0.4, -0.2) is 70.6 Å². The molecule has 0 bridgehead atoms. The maximum absolute atomic E-state index is 14.5. The van der Waals surface area contributed by atoms with Crippen molar-refractivity contribution in [2.75, 3.05) is 6.54 Å². The summed E-state index contributed by atoms with van der Waals surface area (Å²) in [6, 6.07) is 3.80. The second-order valence-corrected chi connectivity index (χ2v) is 15.1. The molecule has 4 atom stereocenters. The van der Waals surface area contributed by atoms with Gasteiger partial charge in [0.2, 0.25) is 23.5 Å². The summed E-state index contributed by atoms with van der Waals surface area (Å²) >= 11 is 6.23. The van der Waals surface area contributed by atoms with Crippen LogP contribution in [0.5, 0.6) is 0 Å². The summed E-state index contributed by atoms with van der Waals surface area (Å²) in [5.74, 6) is -0.298. The lowest BCUT2D eigenvalue weighted by molar-refractivity contribution is -0.145. The zero-order valence-electron chi connectivity index (χ0n) is 27.9. The molecule has 0 aromatic heterocycles. The first kappa shape index (κ1) is 35.4. The van der Waals surface area contributed by atoms with Crippen molar-refractivity contribution >= 4 is 46.7 Å². The van der Waals surface area contributed by atoms with E-state index in [0.29, 0.717) is 17.1 Å². The van der Waals surface area contributed by atoms with E-state index in [-0.39, 0.29) is 37.3 Å². The van der Waals surface area contributed by atoms with E-state index < -0.39 is 52.6 Å². The zero-order valence-corrected chi connectivity index (χ0v) is 28.7. The van der Waals surface area contributed by atoms with Crippen molar-refractivity contribution in [2.45, 2.75) is 115 Å². The van der Waals surface area contributed by atoms with E-state index in [1.54, 1.807) is 18.2 Å². The van der Waals surface area contributed by atoms with Crippen molar-refractivity contribution in [1.82, 2.24) is 26.3 Å². The third-order valence-electron chi connectivity index (χ3n) is 9.55. The molecule has 5 rings (SSSR count). The average Bonchev–Trinajstić information content (AvgIpc) is 3.63. The number of hydrogen-bond donors (Lipinski definition) is 4. The highest BCUT2D eigenvalue weighted by molar-refractivity contribution is 6.38. The molecule has 1 aromatic carbocycles. The Labute approximate surface area is 287 Å². The summed E-state index contributed by atoms with van der Waals surface area (Å²) in [5.41, 5.74) is 2.51. The van der Waals surface area contributed by atoms with Gasteiger partial charge in [0.1, 0.15) is 23.7 Å². The van der Waals surface area contributed by atoms with Gasteiger partial charge in [-0.3, -0.25) is 34.3 Å². The van der Waals surface area contributed by atoms with Crippen LogP contribution in [0.15, 0.2) is 30.3 Å². The Bertz CT molecular complexity index is 1500. The van der Waals surface area contributed by atoms with Crippen molar-refractivity contribution < 1.29 is 28.8 Å². The lowest BCUT2D eigenvalue weighted by Gasteiger charge is -2.36. The largest absolute Gasteiger partial charge is 0.347 e. The fourth-order valence-corrected chi connectivity index (χ4v) is 6.94. The first-order valence-electron chi connectivity index (χ1n) is 16.9. The Kier molecular flexibility index (Phi) is 10.9. The predicted molar refractivity (Wildman–Crippen MR) is 181 cm³/mol. The van der Waals surface area contributed by atoms with Crippen LogP contribution in [0.1, 0.15) is 90.5 Å². The topological polar surface area (TPSA) is 146 Å². The van der Waals surface area contributed by atoms with Crippen LogP contribution in [0, 0.1) is 23.7 Å². The highest BCUT2D eigenvalue weighted by atomic mass is 35.5. The Morgan fingerprint density at radius 3 is 2.48 bits per heavy atom. The minimum atomic E-state index is -1.27. The van der Waals surface area contributed by atoms with E-state index in [1.165, 1.54) is 11.3 Å². The number of amides is 4. The molecule has 4 aliphatic rings. The number of hydroxylamine groups is 1. The number of rotatable bonds is 11. The minimum absolute atomic E-state index is 0.0119. The molecule has 1 unspecified atom stereocenters. The first-order chi connectivity index (χ1) is 22.8. The predicted octanol–water partition coefficient (Wildman–Crippen LogP) is 3.41. The van der Waals surface area contributed by atoms with Gasteiger partial charge in [-0.25, -0.2) is 0 Å². The molecule has 2 aliphatic carbocycles. The second-order valence-electron chi connectivity index (χ2n) is 14.7. The second kappa shape index (κ2) is 14.7. The SMILES string of the molecule is C#CCC(NC(=O)[C@@H]1C[C@]2(C=C(c3cccc(Cl)c3)NO2)CN1C(=O)[C@@H](NC(=O)CC1CCCCC1)C(C)(C)C)C(=O)C(=O)NC1CC1. The minimum Gasteiger partial charge on any atom is -0.347 e. The van der Waals surface area contributed by atoms with Gasteiger partial charge in [-0.2, -0.15) is 0 Å². The van der Waals surface area contributed by atoms with Gasteiger partial charge in [0.25, 0.3) is 5.91 Å². The maximum Gasteiger partial charge on any atom is 0.289 e. The van der Waals surface area contributed by atoms with E-state index in [0.717, 1.165) is 44.1 Å². The molecule has 2 heterocycles. The molecule has 1 saturated heterocycles. The number of benzene rings is 1. The van der Waals surface area contributed by atoms with Crippen molar-refractivity contribution in [1.29, 1.82) is 0 Å². The molecule has 258 valence electrons. The molecule has 11 nitrogen and oxygen atoms in total. The average molecular weight is 680 g/mol. The third kappa shape index (κ3) is 8.58. The van der Waals surface area contributed by atoms with Gasteiger partial charge in [-0.05, 0) is 55.2 Å². The number of likely N-dealkylation sites (tertiary alicyclic amines) is 1. The monoisotopic (exact) mass is 679 g/mol. The van der Waals surface area contributed by atoms with Crippen molar-refractivity contribution in [3.05, 3.63) is 40.9 Å². The van der Waals surface area contributed by atoms with Gasteiger partial charge < -0.3 is 20.9 Å². The van der Waals surface area contributed by atoms with E-state index in [9.17, 15) is 24.0 Å². The Hall–Kier alpha value is -3.88. The van der Waals surface area contributed by atoms with Crippen LogP contribution < -0.4 is 21.4 Å². The van der Waals surface area contributed by atoms with Crippen LogP contribution in [0.2, 0.25) is 5.02 Å². The summed E-state index contributed by atoms with van der Waals surface area (Å²) in [6.07, 6.45) is 14.4.